The van der Waals surface area contributed by atoms with Crippen LogP contribution in [0.4, 0.5) is 0 Å². The van der Waals surface area contributed by atoms with Gasteiger partial charge in [-0.2, -0.15) is 0 Å². The van der Waals surface area contributed by atoms with Crippen LogP contribution in [0.3, 0.4) is 0 Å². The molecule has 0 bridgehead atoms. The lowest BCUT2D eigenvalue weighted by Gasteiger charge is -2.36. The molecule has 2 atom stereocenters. The Hall–Kier alpha value is -2.97. The van der Waals surface area contributed by atoms with Crippen LogP contribution in [0.1, 0.15) is 23.2 Å². The van der Waals surface area contributed by atoms with E-state index in [-0.39, 0.29) is 12.1 Å². The van der Waals surface area contributed by atoms with Crippen LogP contribution in [0.25, 0.3) is 0 Å². The summed E-state index contributed by atoms with van der Waals surface area (Å²) in [5.74, 6) is 0. The Kier molecular flexibility index (Phi) is 7.02. The van der Waals surface area contributed by atoms with E-state index in [1.165, 1.54) is 5.56 Å². The average Bonchev–Trinajstić information content (AvgIpc) is 2.85. The van der Waals surface area contributed by atoms with E-state index >= 15 is 0 Å². The third-order valence-corrected chi connectivity index (χ3v) is 8.42. The number of hydrogen-bond acceptors (Lipinski definition) is 2. The molecule has 0 amide bonds. The third-order valence-electron chi connectivity index (χ3n) is 5.73. The Labute approximate surface area is 191 Å². The van der Waals surface area contributed by atoms with E-state index in [1.54, 1.807) is 0 Å². The molecule has 0 saturated carbocycles. The van der Waals surface area contributed by atoms with Gasteiger partial charge >= 0.3 is 0 Å². The highest BCUT2D eigenvalue weighted by molar-refractivity contribution is 7.76. The first-order chi connectivity index (χ1) is 15.6. The Balaban J connectivity index is 1.88. The van der Waals surface area contributed by atoms with Crippen LogP contribution < -0.4 is 15.7 Å². The Morgan fingerprint density at radius 2 is 0.969 bits per heavy atom. The van der Waals surface area contributed by atoms with Crippen molar-refractivity contribution in [2.24, 2.45) is 0 Å². The molecule has 4 heteroatoms. The van der Waals surface area contributed by atoms with Crippen molar-refractivity contribution >= 4 is 17.9 Å². The number of nitrogens with zero attached hydrogens (tertiary/aromatic N) is 1. The minimum absolute atomic E-state index is 0.0145. The molecule has 0 saturated heterocycles. The molecule has 162 valence electrons. The second kappa shape index (κ2) is 10.1. The topological polar surface area (TPSA) is 32.3 Å². The van der Waals surface area contributed by atoms with E-state index in [1.807, 2.05) is 84.9 Å². The summed E-state index contributed by atoms with van der Waals surface area (Å²) in [6, 6.07) is 40.1. The second-order valence-electron chi connectivity index (χ2n) is 8.12. The van der Waals surface area contributed by atoms with Gasteiger partial charge in [-0.05, 0) is 49.5 Å². The monoisotopic (exact) mass is 440 g/mol. The molecule has 0 fully saturated rings. The maximum atomic E-state index is 14.8. The maximum absolute atomic E-state index is 14.8. The Morgan fingerprint density at radius 1 is 0.594 bits per heavy atom. The summed E-state index contributed by atoms with van der Waals surface area (Å²) < 4.78 is 14.8. The summed E-state index contributed by atoms with van der Waals surface area (Å²) >= 11 is 0. The molecule has 0 aromatic heterocycles. The van der Waals surface area contributed by atoms with E-state index in [0.717, 1.165) is 16.2 Å². The fraction of sp³-hybridized carbons (Fsp3) is 0.143. The molecule has 32 heavy (non-hydrogen) atoms. The van der Waals surface area contributed by atoms with Gasteiger partial charge < -0.3 is 4.90 Å². The highest BCUT2D eigenvalue weighted by atomic mass is 31.2. The van der Waals surface area contributed by atoms with E-state index in [4.69, 9.17) is 0 Å². The normalized spacial score (nSPS) is 13.6. The van der Waals surface area contributed by atoms with E-state index < -0.39 is 7.29 Å². The highest BCUT2D eigenvalue weighted by Crippen LogP contribution is 2.45. The van der Waals surface area contributed by atoms with Gasteiger partial charge in [-0.25, -0.2) is 0 Å². The van der Waals surface area contributed by atoms with Gasteiger partial charge in [0.05, 0.1) is 12.1 Å². The lowest BCUT2D eigenvalue weighted by atomic mass is 9.93. The standard InChI is InChI=1S/C28H29N2OP/c1-30(2)28(24-17-9-4-10-18-24)27(23-15-7-3-8-16-23)29-32(31,25-19-11-5-12-20-25)26-21-13-6-14-22-26/h3-22,27-28H,1-2H3,(H,29,31)/t27-,28-/m1/s1. The zero-order chi connectivity index (χ0) is 22.4. The first-order valence-electron chi connectivity index (χ1n) is 10.8. The predicted octanol–water partition coefficient (Wildman–Crippen LogP) is 5.55. The van der Waals surface area contributed by atoms with Crippen molar-refractivity contribution in [2.75, 3.05) is 14.1 Å². The van der Waals surface area contributed by atoms with Gasteiger partial charge in [0.25, 0.3) is 0 Å². The third kappa shape index (κ3) is 4.76. The quantitative estimate of drug-likeness (QED) is 0.365. The van der Waals surface area contributed by atoms with Crippen molar-refractivity contribution in [2.45, 2.75) is 12.1 Å². The molecule has 0 aliphatic heterocycles. The Bertz CT molecular complexity index is 1110. The van der Waals surface area contributed by atoms with Crippen LogP contribution in [0, 0.1) is 0 Å². The van der Waals surface area contributed by atoms with Crippen molar-refractivity contribution in [3.8, 4) is 0 Å². The maximum Gasteiger partial charge on any atom is 0.205 e. The van der Waals surface area contributed by atoms with Crippen molar-refractivity contribution in [1.82, 2.24) is 9.99 Å². The fourth-order valence-electron chi connectivity index (χ4n) is 4.20. The van der Waals surface area contributed by atoms with Crippen molar-refractivity contribution < 1.29 is 4.57 Å². The van der Waals surface area contributed by atoms with Gasteiger partial charge in [0.15, 0.2) is 0 Å². The van der Waals surface area contributed by atoms with Gasteiger partial charge in [-0.3, -0.25) is 9.65 Å². The SMILES string of the molecule is CN(C)[C@H](c1ccccc1)[C@H](NP(=O)(c1ccccc1)c1ccccc1)c1ccccc1. The number of hydrogen-bond donors (Lipinski definition) is 1. The van der Waals surface area contributed by atoms with Gasteiger partial charge in [-0.15, -0.1) is 0 Å². The summed E-state index contributed by atoms with van der Waals surface area (Å²) in [6.45, 7) is 0. The summed E-state index contributed by atoms with van der Waals surface area (Å²) in [5, 5.41) is 5.28. The molecule has 4 rings (SSSR count). The average molecular weight is 441 g/mol. The first-order valence-corrected chi connectivity index (χ1v) is 12.6. The summed E-state index contributed by atoms with van der Waals surface area (Å²) in [4.78, 5) is 2.19. The lowest BCUT2D eigenvalue weighted by Crippen LogP contribution is -2.38. The molecule has 0 spiro atoms. The molecule has 4 aromatic rings. The van der Waals surface area contributed by atoms with E-state index in [2.05, 4.69) is 60.5 Å². The molecule has 0 radical (unpaired) electrons. The summed E-state index contributed by atoms with van der Waals surface area (Å²) in [7, 11) is 1.01. The van der Waals surface area contributed by atoms with Crippen LogP contribution in [0.15, 0.2) is 121 Å². The molecular weight excluding hydrogens is 411 g/mol. The molecule has 1 N–H and O–H groups in total. The molecule has 0 aliphatic carbocycles. The molecular formula is C28H29N2OP. The van der Waals surface area contributed by atoms with Crippen molar-refractivity contribution in [3.05, 3.63) is 132 Å². The molecule has 3 nitrogen and oxygen atoms in total. The fourth-order valence-corrected chi connectivity index (χ4v) is 6.66. The van der Waals surface area contributed by atoms with Crippen LogP contribution in [0.5, 0.6) is 0 Å². The number of rotatable bonds is 8. The van der Waals surface area contributed by atoms with Crippen LogP contribution in [-0.2, 0) is 4.57 Å². The largest absolute Gasteiger partial charge is 0.301 e. The van der Waals surface area contributed by atoms with Crippen LogP contribution in [0.2, 0.25) is 0 Å². The summed E-state index contributed by atoms with van der Waals surface area (Å²) in [5.41, 5.74) is 2.27. The zero-order valence-corrected chi connectivity index (χ0v) is 19.4. The summed E-state index contributed by atoms with van der Waals surface area (Å²) in [6.07, 6.45) is 0. The van der Waals surface area contributed by atoms with Gasteiger partial charge in [-0.1, -0.05) is 97.1 Å². The Morgan fingerprint density at radius 3 is 1.38 bits per heavy atom. The molecule has 4 aromatic carbocycles. The van der Waals surface area contributed by atoms with Crippen LogP contribution in [-0.4, -0.2) is 19.0 Å². The number of benzene rings is 4. The first kappa shape index (κ1) is 22.2. The lowest BCUT2D eigenvalue weighted by molar-refractivity contribution is 0.249. The highest BCUT2D eigenvalue weighted by Gasteiger charge is 2.35. The molecule has 0 heterocycles. The van der Waals surface area contributed by atoms with E-state index in [9.17, 15) is 4.57 Å². The van der Waals surface area contributed by atoms with Gasteiger partial charge in [0.1, 0.15) is 0 Å². The minimum atomic E-state index is -3.14. The molecule has 0 aliphatic rings. The molecule has 0 unspecified atom stereocenters. The van der Waals surface area contributed by atoms with Crippen LogP contribution >= 0.6 is 7.29 Å². The van der Waals surface area contributed by atoms with Crippen molar-refractivity contribution in [3.63, 3.8) is 0 Å². The van der Waals surface area contributed by atoms with Crippen molar-refractivity contribution in [1.29, 1.82) is 0 Å². The zero-order valence-electron chi connectivity index (χ0n) is 18.5. The number of nitrogens with one attached hydrogen (secondary N) is 1. The van der Waals surface area contributed by atoms with E-state index in [0.29, 0.717) is 0 Å². The van der Waals surface area contributed by atoms with Gasteiger partial charge in [0, 0.05) is 10.6 Å². The number of likely N-dealkylation sites (N-methyl/N-ethyl adjacent to an activating group) is 1. The second-order valence-corrected chi connectivity index (χ2v) is 10.6. The van der Waals surface area contributed by atoms with Gasteiger partial charge in [0.2, 0.25) is 7.29 Å². The smallest absolute Gasteiger partial charge is 0.205 e. The predicted molar refractivity (Wildman–Crippen MR) is 135 cm³/mol. The minimum Gasteiger partial charge on any atom is -0.301 e.